The van der Waals surface area contributed by atoms with Crippen LogP contribution in [0.3, 0.4) is 0 Å². The van der Waals surface area contributed by atoms with Crippen molar-refractivity contribution in [3.63, 3.8) is 0 Å². The molecule has 0 radical (unpaired) electrons. The zero-order valence-electron chi connectivity index (χ0n) is 22.4. The van der Waals surface area contributed by atoms with E-state index in [1.807, 2.05) is 0 Å². The van der Waals surface area contributed by atoms with E-state index in [1.54, 1.807) is 0 Å². The SMILES string of the molecule is CC1(C)OB(c2cc(O[Si](C)(C)C(C)(C)C)cc(O[Si](C)(C)C(C)(C)C)c2)OC1(C)C. The van der Waals surface area contributed by atoms with Gasteiger partial charge in [0.2, 0.25) is 16.6 Å². The summed E-state index contributed by atoms with van der Waals surface area (Å²) in [5.74, 6) is 1.68. The average Bonchev–Trinajstić information content (AvgIpc) is 2.72. The third-order valence-electron chi connectivity index (χ3n) is 7.79. The van der Waals surface area contributed by atoms with Crippen molar-refractivity contribution in [1.29, 1.82) is 0 Å². The Bertz CT molecular complexity index is 743. The van der Waals surface area contributed by atoms with Gasteiger partial charge in [0.1, 0.15) is 11.5 Å². The molecule has 0 bridgehead atoms. The van der Waals surface area contributed by atoms with Gasteiger partial charge in [-0.3, -0.25) is 0 Å². The Morgan fingerprint density at radius 3 is 1.29 bits per heavy atom. The minimum atomic E-state index is -2.01. The van der Waals surface area contributed by atoms with Crippen LogP contribution in [0, 0.1) is 0 Å². The first-order chi connectivity index (χ1) is 13.6. The Hall–Kier alpha value is -0.761. The predicted octanol–water partition coefficient (Wildman–Crippen LogP) is 6.75. The van der Waals surface area contributed by atoms with Gasteiger partial charge in [-0.1, -0.05) is 41.5 Å². The van der Waals surface area contributed by atoms with Gasteiger partial charge in [0.05, 0.1) is 11.2 Å². The lowest BCUT2D eigenvalue weighted by Gasteiger charge is -2.38. The molecule has 1 saturated heterocycles. The summed E-state index contributed by atoms with van der Waals surface area (Å²) in [6.07, 6.45) is 0. The number of rotatable bonds is 5. The summed E-state index contributed by atoms with van der Waals surface area (Å²) in [5, 5.41) is 0.210. The molecule has 1 aliphatic heterocycles. The van der Waals surface area contributed by atoms with Crippen LogP contribution in [0.1, 0.15) is 69.2 Å². The molecule has 7 heteroatoms. The highest BCUT2D eigenvalue weighted by Gasteiger charge is 2.52. The van der Waals surface area contributed by atoms with Crippen molar-refractivity contribution in [2.24, 2.45) is 0 Å². The van der Waals surface area contributed by atoms with Crippen LogP contribution in [0.2, 0.25) is 36.3 Å². The lowest BCUT2D eigenvalue weighted by Crippen LogP contribution is -2.45. The van der Waals surface area contributed by atoms with E-state index >= 15 is 0 Å². The minimum absolute atomic E-state index is 0.105. The van der Waals surface area contributed by atoms with Gasteiger partial charge in [0.25, 0.3) is 0 Å². The fourth-order valence-corrected chi connectivity index (χ4v) is 4.75. The molecule has 0 unspecified atom stereocenters. The number of hydrogen-bond donors (Lipinski definition) is 0. The van der Waals surface area contributed by atoms with Crippen molar-refractivity contribution >= 4 is 29.2 Å². The van der Waals surface area contributed by atoms with Gasteiger partial charge in [-0.25, -0.2) is 0 Å². The van der Waals surface area contributed by atoms with Gasteiger partial charge in [0, 0.05) is 6.07 Å². The fourth-order valence-electron chi connectivity index (χ4n) is 2.72. The third kappa shape index (κ3) is 5.60. The lowest BCUT2D eigenvalue weighted by molar-refractivity contribution is 0.00578. The summed E-state index contributed by atoms with van der Waals surface area (Å²) in [5.41, 5.74) is 0.159. The topological polar surface area (TPSA) is 36.9 Å². The van der Waals surface area contributed by atoms with Crippen LogP contribution in [0.25, 0.3) is 0 Å². The number of benzene rings is 1. The fraction of sp³-hybridized carbons (Fsp3) is 0.750. The van der Waals surface area contributed by atoms with Crippen LogP contribution in [-0.4, -0.2) is 35.0 Å². The molecule has 1 aromatic carbocycles. The monoisotopic (exact) mass is 464 g/mol. The van der Waals surface area contributed by atoms with Crippen molar-refractivity contribution in [3.05, 3.63) is 18.2 Å². The third-order valence-corrected chi connectivity index (χ3v) is 16.5. The summed E-state index contributed by atoms with van der Waals surface area (Å²) in [6, 6.07) is 6.19. The highest BCUT2D eigenvalue weighted by molar-refractivity contribution is 6.75. The van der Waals surface area contributed by atoms with E-state index in [2.05, 4.69) is 114 Å². The first kappa shape index (κ1) is 26.5. The lowest BCUT2D eigenvalue weighted by atomic mass is 9.79. The number of hydrogen-bond acceptors (Lipinski definition) is 4. The van der Waals surface area contributed by atoms with E-state index in [0.717, 1.165) is 17.0 Å². The molecule has 2 rings (SSSR count). The standard InChI is InChI=1S/C24H45BO4Si2/c1-21(2,3)30(11,12)26-19-15-18(25-28-23(7,8)24(9,10)29-25)16-20(17-19)27-31(13,14)22(4,5)6/h15-17H,1-14H3. The molecule has 0 N–H and O–H groups in total. The Kier molecular flexibility index (Phi) is 6.77. The van der Waals surface area contributed by atoms with E-state index in [9.17, 15) is 0 Å². The summed E-state index contributed by atoms with van der Waals surface area (Å²) in [7, 11) is -4.47. The van der Waals surface area contributed by atoms with Crippen LogP contribution >= 0.6 is 0 Å². The quantitative estimate of drug-likeness (QED) is 0.452. The van der Waals surface area contributed by atoms with Crippen molar-refractivity contribution < 1.29 is 18.2 Å². The van der Waals surface area contributed by atoms with Crippen molar-refractivity contribution in [2.75, 3.05) is 0 Å². The van der Waals surface area contributed by atoms with Gasteiger partial charge >= 0.3 is 7.12 Å². The van der Waals surface area contributed by atoms with Crippen LogP contribution in [0.5, 0.6) is 11.5 Å². The van der Waals surface area contributed by atoms with Gasteiger partial charge in [0.15, 0.2) is 0 Å². The van der Waals surface area contributed by atoms with Gasteiger partial charge in [-0.15, -0.1) is 0 Å². The van der Waals surface area contributed by atoms with E-state index in [4.69, 9.17) is 18.2 Å². The maximum Gasteiger partial charge on any atom is 0.495 e. The van der Waals surface area contributed by atoms with E-state index in [0.29, 0.717) is 0 Å². The van der Waals surface area contributed by atoms with Crippen LogP contribution in [0.15, 0.2) is 18.2 Å². The molecule has 1 heterocycles. The van der Waals surface area contributed by atoms with Crippen molar-refractivity contribution in [3.8, 4) is 11.5 Å². The Morgan fingerprint density at radius 2 is 1.00 bits per heavy atom. The van der Waals surface area contributed by atoms with Crippen LogP contribution < -0.4 is 14.3 Å². The van der Waals surface area contributed by atoms with Crippen LogP contribution in [-0.2, 0) is 9.31 Å². The summed E-state index contributed by atoms with van der Waals surface area (Å²) in [6.45, 7) is 30.9. The van der Waals surface area contributed by atoms with E-state index < -0.39 is 35.0 Å². The molecule has 4 nitrogen and oxygen atoms in total. The maximum atomic E-state index is 6.67. The Balaban J connectivity index is 2.51. The first-order valence-electron chi connectivity index (χ1n) is 11.5. The second-order valence-electron chi connectivity index (χ2n) is 13.1. The van der Waals surface area contributed by atoms with Gasteiger partial charge < -0.3 is 18.2 Å². The smallest absolute Gasteiger partial charge is 0.495 e. The second-order valence-corrected chi connectivity index (χ2v) is 22.5. The molecule has 0 amide bonds. The average molecular weight is 465 g/mol. The summed E-state index contributed by atoms with van der Waals surface area (Å²) >= 11 is 0. The highest BCUT2D eigenvalue weighted by atomic mass is 28.4. The predicted molar refractivity (Wildman–Crippen MR) is 138 cm³/mol. The Morgan fingerprint density at radius 1 is 0.677 bits per heavy atom. The highest BCUT2D eigenvalue weighted by Crippen LogP contribution is 2.41. The Labute approximate surface area is 193 Å². The zero-order valence-corrected chi connectivity index (χ0v) is 24.4. The molecule has 0 aliphatic carbocycles. The molecule has 0 saturated carbocycles. The molecule has 0 atom stereocenters. The zero-order chi connectivity index (χ0) is 24.3. The largest absolute Gasteiger partial charge is 0.543 e. The normalized spacial score (nSPS) is 19.5. The first-order valence-corrected chi connectivity index (χ1v) is 17.3. The van der Waals surface area contributed by atoms with E-state index in [1.165, 1.54) is 0 Å². The molecule has 0 spiro atoms. The molecule has 1 aromatic rings. The molecular weight excluding hydrogens is 419 g/mol. The molecule has 1 fully saturated rings. The summed E-state index contributed by atoms with van der Waals surface area (Å²) in [4.78, 5) is 0. The second kappa shape index (κ2) is 7.93. The van der Waals surface area contributed by atoms with Crippen molar-refractivity contribution in [1.82, 2.24) is 0 Å². The molecule has 31 heavy (non-hydrogen) atoms. The molecule has 176 valence electrons. The van der Waals surface area contributed by atoms with Crippen molar-refractivity contribution in [2.45, 2.75) is 117 Å². The van der Waals surface area contributed by atoms with Gasteiger partial charge in [-0.2, -0.15) is 0 Å². The summed E-state index contributed by atoms with van der Waals surface area (Å²) < 4.78 is 26.0. The van der Waals surface area contributed by atoms with Crippen LogP contribution in [0.4, 0.5) is 0 Å². The minimum Gasteiger partial charge on any atom is -0.543 e. The molecular formula is C24H45BO4Si2. The van der Waals surface area contributed by atoms with Gasteiger partial charge in [-0.05, 0) is 81.6 Å². The maximum absolute atomic E-state index is 6.67. The molecule has 0 aromatic heterocycles. The molecule has 1 aliphatic rings. The van der Waals surface area contributed by atoms with E-state index in [-0.39, 0.29) is 10.1 Å².